The van der Waals surface area contributed by atoms with Crippen LogP contribution in [-0.2, 0) is 9.59 Å². The zero-order chi connectivity index (χ0) is 15.4. The molecule has 1 atom stereocenters. The number of likely N-dealkylation sites (N-methyl/N-ethyl adjacent to an activating group) is 1. The number of carbonyl (C=O) groups excluding carboxylic acids is 2. The molecule has 3 rings (SSSR count). The topological polar surface area (TPSA) is 61.2 Å². The van der Waals surface area contributed by atoms with Gasteiger partial charge in [-0.15, -0.1) is 0 Å². The summed E-state index contributed by atoms with van der Waals surface area (Å²) in [4.78, 5) is 26.7. The van der Waals surface area contributed by atoms with Crippen molar-refractivity contribution in [1.29, 1.82) is 5.26 Å². The van der Waals surface area contributed by atoms with Crippen LogP contribution in [0, 0.1) is 16.7 Å². The highest BCUT2D eigenvalue weighted by Crippen LogP contribution is 2.49. The molecule has 0 saturated heterocycles. The second-order valence-electron chi connectivity index (χ2n) is 5.52. The number of allylic oxidation sites excluding steroid dienone is 1. The molecule has 4 heteroatoms. The average Bonchev–Trinajstić information content (AvgIpc) is 2.87. The Morgan fingerprint density at radius 1 is 1.14 bits per heavy atom. The number of hydrogen-bond acceptors (Lipinski definition) is 3. The Kier molecular flexibility index (Phi) is 2.64. The van der Waals surface area contributed by atoms with Gasteiger partial charge in [-0.3, -0.25) is 9.59 Å². The quantitative estimate of drug-likeness (QED) is 0.792. The Labute approximate surface area is 123 Å². The van der Waals surface area contributed by atoms with Crippen molar-refractivity contribution in [2.24, 2.45) is 5.41 Å². The van der Waals surface area contributed by atoms with E-state index in [1.165, 1.54) is 4.90 Å². The predicted molar refractivity (Wildman–Crippen MR) is 77.6 cm³/mol. The molecule has 0 bridgehead atoms. The van der Waals surface area contributed by atoms with Gasteiger partial charge < -0.3 is 4.90 Å². The number of nitriles is 1. The third-order valence-corrected chi connectivity index (χ3v) is 4.42. The number of Topliss-reactive ketones (excluding diaryl/α,β-unsaturated/α-hetero) is 1. The molecule has 4 nitrogen and oxygen atoms in total. The van der Waals surface area contributed by atoms with Gasteiger partial charge in [0.25, 0.3) is 5.91 Å². The lowest BCUT2D eigenvalue weighted by atomic mass is 9.83. The Bertz CT molecular complexity index is 781. The maximum absolute atomic E-state index is 12.7. The molecule has 1 unspecified atom stereocenters. The number of nitrogens with zero attached hydrogens (tertiary/aromatic N) is 2. The maximum atomic E-state index is 12.7. The molecule has 0 fully saturated rings. The van der Waals surface area contributed by atoms with E-state index in [0.717, 1.165) is 5.56 Å². The average molecular weight is 278 g/mol. The fourth-order valence-electron chi connectivity index (χ4n) is 2.97. The molecule has 21 heavy (non-hydrogen) atoms. The van der Waals surface area contributed by atoms with E-state index < -0.39 is 5.41 Å². The second kappa shape index (κ2) is 4.16. The lowest BCUT2D eigenvalue weighted by molar-refractivity contribution is -0.122. The number of benzene rings is 1. The highest BCUT2D eigenvalue weighted by atomic mass is 16.2. The van der Waals surface area contributed by atoms with Gasteiger partial charge >= 0.3 is 0 Å². The molecule has 104 valence electrons. The van der Waals surface area contributed by atoms with Crippen molar-refractivity contribution in [3.8, 4) is 6.07 Å². The third-order valence-electron chi connectivity index (χ3n) is 4.42. The van der Waals surface area contributed by atoms with Crippen molar-refractivity contribution in [3.63, 3.8) is 0 Å². The summed E-state index contributed by atoms with van der Waals surface area (Å²) in [6.07, 6.45) is 0. The van der Waals surface area contributed by atoms with Crippen LogP contribution in [0.3, 0.4) is 0 Å². The summed E-state index contributed by atoms with van der Waals surface area (Å²) >= 11 is 0. The predicted octanol–water partition coefficient (Wildman–Crippen LogP) is 2.30. The monoisotopic (exact) mass is 278 g/mol. The SMILES string of the molecule is CC1=C2C(=O)N(C)C(c3ccccc3)=C2C(=O)C1(C)C#N. The van der Waals surface area contributed by atoms with Crippen LogP contribution in [-0.4, -0.2) is 23.6 Å². The zero-order valence-electron chi connectivity index (χ0n) is 12.1. The van der Waals surface area contributed by atoms with Crippen LogP contribution in [0.5, 0.6) is 0 Å². The smallest absolute Gasteiger partial charge is 0.258 e. The van der Waals surface area contributed by atoms with Crippen LogP contribution in [0.2, 0.25) is 0 Å². The first-order valence-electron chi connectivity index (χ1n) is 6.69. The molecule has 0 saturated carbocycles. The first-order valence-corrected chi connectivity index (χ1v) is 6.69. The Hall–Kier alpha value is -2.67. The van der Waals surface area contributed by atoms with Crippen molar-refractivity contribution in [3.05, 3.63) is 52.6 Å². The molecule has 2 aliphatic rings. The number of carbonyl (C=O) groups is 2. The van der Waals surface area contributed by atoms with Crippen LogP contribution in [0.15, 0.2) is 47.1 Å². The number of hydrogen-bond donors (Lipinski definition) is 0. The minimum atomic E-state index is -1.23. The van der Waals surface area contributed by atoms with Gasteiger partial charge in [0.2, 0.25) is 0 Å². The van der Waals surface area contributed by atoms with Crippen LogP contribution in [0.1, 0.15) is 19.4 Å². The van der Waals surface area contributed by atoms with Gasteiger partial charge in [0.1, 0.15) is 5.41 Å². The van der Waals surface area contributed by atoms with Gasteiger partial charge in [0, 0.05) is 7.05 Å². The summed E-state index contributed by atoms with van der Waals surface area (Å²) in [5, 5.41) is 9.38. The molecule has 1 aromatic carbocycles. The highest BCUT2D eigenvalue weighted by molar-refractivity contribution is 6.28. The van der Waals surface area contributed by atoms with Gasteiger partial charge in [-0.2, -0.15) is 5.26 Å². The van der Waals surface area contributed by atoms with Crippen molar-refractivity contribution < 1.29 is 9.59 Å². The van der Waals surface area contributed by atoms with E-state index in [-0.39, 0.29) is 11.7 Å². The molecule has 0 aromatic heterocycles. The third kappa shape index (κ3) is 1.49. The lowest BCUT2D eigenvalue weighted by Gasteiger charge is -2.19. The molecule has 1 aromatic rings. The van der Waals surface area contributed by atoms with E-state index in [1.807, 2.05) is 30.3 Å². The molecule has 0 radical (unpaired) electrons. The number of amides is 1. The maximum Gasteiger partial charge on any atom is 0.258 e. The Morgan fingerprint density at radius 3 is 2.33 bits per heavy atom. The molecular weight excluding hydrogens is 264 g/mol. The van der Waals surface area contributed by atoms with E-state index in [4.69, 9.17) is 0 Å². The summed E-state index contributed by atoms with van der Waals surface area (Å²) in [5.74, 6) is -0.497. The first kappa shape index (κ1) is 13.3. The Morgan fingerprint density at radius 2 is 1.76 bits per heavy atom. The van der Waals surface area contributed by atoms with Gasteiger partial charge in [0.05, 0.1) is 22.9 Å². The molecule has 0 N–H and O–H groups in total. The largest absolute Gasteiger partial charge is 0.310 e. The summed E-state index contributed by atoms with van der Waals surface area (Å²) in [6.45, 7) is 3.28. The fourth-order valence-corrected chi connectivity index (χ4v) is 2.97. The van der Waals surface area contributed by atoms with Crippen molar-refractivity contribution in [2.45, 2.75) is 13.8 Å². The number of rotatable bonds is 1. The van der Waals surface area contributed by atoms with E-state index in [9.17, 15) is 14.9 Å². The standard InChI is InChI=1S/C17H14N2O2/c1-10-12-13(15(20)17(10,2)9-18)14(19(3)16(12)21)11-7-5-4-6-8-11/h4-8H,1-3H3. The van der Waals surface area contributed by atoms with Crippen molar-refractivity contribution in [1.82, 2.24) is 4.90 Å². The second-order valence-corrected chi connectivity index (χ2v) is 5.52. The van der Waals surface area contributed by atoms with Crippen molar-refractivity contribution >= 4 is 17.4 Å². The van der Waals surface area contributed by atoms with Crippen LogP contribution < -0.4 is 0 Å². The van der Waals surface area contributed by atoms with Gasteiger partial charge in [-0.05, 0) is 25.0 Å². The van der Waals surface area contributed by atoms with E-state index in [1.54, 1.807) is 20.9 Å². The molecular formula is C17H14N2O2. The van der Waals surface area contributed by atoms with Crippen LogP contribution in [0.4, 0.5) is 0 Å². The minimum absolute atomic E-state index is 0.214. The highest BCUT2D eigenvalue weighted by Gasteiger charge is 2.53. The first-order chi connectivity index (χ1) is 9.93. The van der Waals surface area contributed by atoms with E-state index in [2.05, 4.69) is 6.07 Å². The summed E-state index contributed by atoms with van der Waals surface area (Å²) in [5.41, 5.74) is 1.50. The molecule has 0 spiro atoms. The number of ketones is 1. The molecule has 1 aliphatic carbocycles. The summed E-state index contributed by atoms with van der Waals surface area (Å²) in [6, 6.07) is 11.4. The van der Waals surface area contributed by atoms with Crippen LogP contribution in [0.25, 0.3) is 5.70 Å². The lowest BCUT2D eigenvalue weighted by Crippen LogP contribution is -2.26. The van der Waals surface area contributed by atoms with Gasteiger partial charge in [-0.1, -0.05) is 30.3 Å². The Balaban J connectivity index is 2.34. The number of fused-ring (bicyclic) bond motifs is 1. The summed E-state index contributed by atoms with van der Waals surface area (Å²) in [7, 11) is 1.66. The van der Waals surface area contributed by atoms with E-state index in [0.29, 0.717) is 22.4 Å². The van der Waals surface area contributed by atoms with Gasteiger partial charge in [-0.25, -0.2) is 0 Å². The normalized spacial score (nSPS) is 24.8. The van der Waals surface area contributed by atoms with E-state index >= 15 is 0 Å². The van der Waals surface area contributed by atoms with Gasteiger partial charge in [0.15, 0.2) is 5.78 Å². The fraction of sp³-hybridized carbons (Fsp3) is 0.235. The van der Waals surface area contributed by atoms with Crippen molar-refractivity contribution in [2.75, 3.05) is 7.05 Å². The molecule has 1 heterocycles. The molecule has 1 aliphatic heterocycles. The van der Waals surface area contributed by atoms with Crippen LogP contribution >= 0.6 is 0 Å². The minimum Gasteiger partial charge on any atom is -0.310 e. The zero-order valence-corrected chi connectivity index (χ0v) is 12.1. The summed E-state index contributed by atoms with van der Waals surface area (Å²) < 4.78 is 0. The molecule has 1 amide bonds.